The number of rotatable bonds is 2. The average Bonchev–Trinajstić information content (AvgIpc) is 2.44. The van der Waals surface area contributed by atoms with Crippen LogP contribution in [0.25, 0.3) is 10.9 Å². The predicted molar refractivity (Wildman–Crippen MR) is 79.4 cm³/mol. The van der Waals surface area contributed by atoms with Crippen molar-refractivity contribution in [3.8, 4) is 0 Å². The van der Waals surface area contributed by atoms with Crippen molar-refractivity contribution in [1.29, 1.82) is 0 Å². The van der Waals surface area contributed by atoms with Crippen LogP contribution in [0.2, 0.25) is 0 Å². The summed E-state index contributed by atoms with van der Waals surface area (Å²) in [4.78, 5) is 18.2. The number of aldehydes is 1. The molecule has 20 heavy (non-hydrogen) atoms. The molecule has 0 spiro atoms. The number of hydrogen-bond donors (Lipinski definition) is 0. The Hall–Kier alpha value is -1.94. The van der Waals surface area contributed by atoms with Crippen LogP contribution >= 0.6 is 0 Å². The SMILES string of the molecule is C[C@@H]1CN(c2nc3ccccc3cc2C=O)C[C@H](C)O1. The fraction of sp³-hybridized carbons (Fsp3) is 0.375. The van der Waals surface area contributed by atoms with E-state index in [2.05, 4.69) is 9.88 Å². The van der Waals surface area contributed by atoms with Crippen molar-refractivity contribution >= 4 is 23.0 Å². The van der Waals surface area contributed by atoms with Crippen LogP contribution in [0.5, 0.6) is 0 Å². The molecule has 2 atom stereocenters. The minimum Gasteiger partial charge on any atom is -0.372 e. The monoisotopic (exact) mass is 270 g/mol. The number of fused-ring (bicyclic) bond motifs is 1. The first-order valence-electron chi connectivity index (χ1n) is 6.92. The second-order valence-corrected chi connectivity index (χ2v) is 5.37. The molecule has 1 fully saturated rings. The first kappa shape index (κ1) is 13.1. The molecule has 0 N–H and O–H groups in total. The highest BCUT2D eigenvalue weighted by molar-refractivity contribution is 5.91. The highest BCUT2D eigenvalue weighted by atomic mass is 16.5. The molecular formula is C16H18N2O2. The zero-order valence-electron chi connectivity index (χ0n) is 11.7. The van der Waals surface area contributed by atoms with Gasteiger partial charge in [0.15, 0.2) is 6.29 Å². The first-order chi connectivity index (χ1) is 9.67. The molecule has 0 unspecified atom stereocenters. The summed E-state index contributed by atoms with van der Waals surface area (Å²) < 4.78 is 5.74. The molecule has 1 aliphatic rings. The van der Waals surface area contributed by atoms with E-state index < -0.39 is 0 Å². The van der Waals surface area contributed by atoms with Gasteiger partial charge in [0.2, 0.25) is 0 Å². The van der Waals surface area contributed by atoms with E-state index in [0.717, 1.165) is 36.1 Å². The maximum atomic E-state index is 11.4. The summed E-state index contributed by atoms with van der Waals surface area (Å²) in [6.45, 7) is 5.61. The Morgan fingerprint density at radius 2 is 1.95 bits per heavy atom. The molecule has 0 saturated carbocycles. The zero-order valence-corrected chi connectivity index (χ0v) is 11.7. The lowest BCUT2D eigenvalue weighted by atomic mass is 10.1. The van der Waals surface area contributed by atoms with Gasteiger partial charge in [-0.15, -0.1) is 0 Å². The molecular weight excluding hydrogens is 252 g/mol. The molecule has 0 radical (unpaired) electrons. The van der Waals surface area contributed by atoms with Gasteiger partial charge in [0, 0.05) is 18.5 Å². The Labute approximate surface area is 118 Å². The Kier molecular flexibility index (Phi) is 3.40. The second-order valence-electron chi connectivity index (χ2n) is 5.37. The van der Waals surface area contributed by atoms with Gasteiger partial charge in [-0.1, -0.05) is 18.2 Å². The summed E-state index contributed by atoms with van der Waals surface area (Å²) in [5.41, 5.74) is 1.56. The maximum absolute atomic E-state index is 11.4. The Morgan fingerprint density at radius 3 is 2.65 bits per heavy atom. The van der Waals surface area contributed by atoms with Gasteiger partial charge < -0.3 is 9.64 Å². The third kappa shape index (κ3) is 2.39. The third-order valence-electron chi connectivity index (χ3n) is 3.58. The molecule has 1 saturated heterocycles. The number of nitrogens with zero attached hydrogens (tertiary/aromatic N) is 2. The number of aromatic nitrogens is 1. The van der Waals surface area contributed by atoms with Crippen LogP contribution in [-0.2, 0) is 4.74 Å². The zero-order chi connectivity index (χ0) is 14.1. The van der Waals surface area contributed by atoms with Crippen LogP contribution in [0.15, 0.2) is 30.3 Å². The van der Waals surface area contributed by atoms with Crippen LogP contribution in [0.4, 0.5) is 5.82 Å². The van der Waals surface area contributed by atoms with E-state index in [1.54, 1.807) is 0 Å². The van der Waals surface area contributed by atoms with E-state index in [4.69, 9.17) is 4.74 Å². The maximum Gasteiger partial charge on any atom is 0.153 e. The van der Waals surface area contributed by atoms with Crippen LogP contribution in [-0.4, -0.2) is 36.6 Å². The highest BCUT2D eigenvalue weighted by Crippen LogP contribution is 2.25. The summed E-state index contributed by atoms with van der Waals surface area (Å²) in [6, 6.07) is 9.78. The topological polar surface area (TPSA) is 42.4 Å². The summed E-state index contributed by atoms with van der Waals surface area (Å²) in [7, 11) is 0. The number of anilines is 1. The van der Waals surface area contributed by atoms with Crippen molar-refractivity contribution in [2.45, 2.75) is 26.1 Å². The van der Waals surface area contributed by atoms with Gasteiger partial charge in [-0.3, -0.25) is 4.79 Å². The van der Waals surface area contributed by atoms with Gasteiger partial charge >= 0.3 is 0 Å². The van der Waals surface area contributed by atoms with E-state index in [9.17, 15) is 4.79 Å². The lowest BCUT2D eigenvalue weighted by Gasteiger charge is -2.36. The number of morpholine rings is 1. The van der Waals surface area contributed by atoms with Crippen molar-refractivity contribution in [3.05, 3.63) is 35.9 Å². The molecule has 4 heteroatoms. The van der Waals surface area contributed by atoms with E-state index in [-0.39, 0.29) is 12.2 Å². The van der Waals surface area contributed by atoms with Gasteiger partial charge in [-0.25, -0.2) is 4.98 Å². The predicted octanol–water partition coefficient (Wildman–Crippen LogP) is 2.66. The second kappa shape index (κ2) is 5.21. The normalized spacial score (nSPS) is 23.0. The molecule has 2 heterocycles. The molecule has 4 nitrogen and oxygen atoms in total. The van der Waals surface area contributed by atoms with Crippen LogP contribution in [0.1, 0.15) is 24.2 Å². The molecule has 2 aromatic rings. The highest BCUT2D eigenvalue weighted by Gasteiger charge is 2.25. The van der Waals surface area contributed by atoms with Gasteiger partial charge in [-0.2, -0.15) is 0 Å². The number of carbonyl (C=O) groups excluding carboxylic acids is 1. The first-order valence-corrected chi connectivity index (χ1v) is 6.92. The van der Waals surface area contributed by atoms with Crippen LogP contribution in [0, 0.1) is 0 Å². The summed E-state index contributed by atoms with van der Waals surface area (Å²) >= 11 is 0. The molecule has 1 aliphatic heterocycles. The summed E-state index contributed by atoms with van der Waals surface area (Å²) in [5, 5.41) is 0.993. The van der Waals surface area contributed by atoms with Crippen molar-refractivity contribution in [3.63, 3.8) is 0 Å². The van der Waals surface area contributed by atoms with E-state index in [1.165, 1.54) is 0 Å². The smallest absolute Gasteiger partial charge is 0.153 e. The number of hydrogen-bond acceptors (Lipinski definition) is 4. The fourth-order valence-corrected chi connectivity index (χ4v) is 2.81. The molecule has 1 aromatic carbocycles. The summed E-state index contributed by atoms with van der Waals surface area (Å²) in [5.74, 6) is 0.765. The third-order valence-corrected chi connectivity index (χ3v) is 3.58. The standard InChI is InChI=1S/C16H18N2O2/c1-11-8-18(9-12(2)20-11)16-14(10-19)7-13-5-3-4-6-15(13)17-16/h3-7,10-12H,8-9H2,1-2H3/t11-,12+. The van der Waals surface area contributed by atoms with E-state index >= 15 is 0 Å². The van der Waals surface area contributed by atoms with Gasteiger partial charge in [0.1, 0.15) is 5.82 Å². The molecule has 0 bridgehead atoms. The van der Waals surface area contributed by atoms with Crippen molar-refractivity contribution in [2.75, 3.05) is 18.0 Å². The lowest BCUT2D eigenvalue weighted by Crippen LogP contribution is -2.46. The summed E-state index contributed by atoms with van der Waals surface area (Å²) in [6.07, 6.45) is 1.18. The number of para-hydroxylation sites is 1. The Bertz CT molecular complexity index is 631. The minimum absolute atomic E-state index is 0.145. The van der Waals surface area contributed by atoms with Crippen molar-refractivity contribution in [1.82, 2.24) is 4.98 Å². The molecule has 1 aromatic heterocycles. The van der Waals surface area contributed by atoms with Crippen LogP contribution < -0.4 is 4.90 Å². The number of benzene rings is 1. The number of pyridine rings is 1. The number of carbonyl (C=O) groups is 1. The Balaban J connectivity index is 2.07. The van der Waals surface area contributed by atoms with Crippen molar-refractivity contribution in [2.24, 2.45) is 0 Å². The Morgan fingerprint density at radius 1 is 1.25 bits per heavy atom. The van der Waals surface area contributed by atoms with Gasteiger partial charge in [0.25, 0.3) is 0 Å². The van der Waals surface area contributed by atoms with E-state index in [1.807, 2.05) is 44.2 Å². The fourth-order valence-electron chi connectivity index (χ4n) is 2.81. The van der Waals surface area contributed by atoms with E-state index in [0.29, 0.717) is 5.56 Å². The quantitative estimate of drug-likeness (QED) is 0.787. The number of ether oxygens (including phenoxy) is 1. The lowest BCUT2D eigenvalue weighted by molar-refractivity contribution is -0.00548. The van der Waals surface area contributed by atoms with Crippen molar-refractivity contribution < 1.29 is 9.53 Å². The molecule has 0 aliphatic carbocycles. The average molecular weight is 270 g/mol. The van der Waals surface area contributed by atoms with Gasteiger partial charge in [-0.05, 0) is 26.0 Å². The molecule has 3 rings (SSSR count). The minimum atomic E-state index is 0.145. The molecule has 104 valence electrons. The van der Waals surface area contributed by atoms with Gasteiger partial charge in [0.05, 0.1) is 23.3 Å². The molecule has 0 amide bonds. The van der Waals surface area contributed by atoms with Crippen LogP contribution in [0.3, 0.4) is 0 Å². The largest absolute Gasteiger partial charge is 0.372 e.